The largest absolute Gasteiger partial charge is 0.471 e. The number of anilines is 1. The number of likely N-dealkylation sites (tertiary alicyclic amines) is 1. The van der Waals surface area contributed by atoms with Crippen LogP contribution in [0, 0.1) is 0 Å². The van der Waals surface area contributed by atoms with E-state index in [0.29, 0.717) is 16.2 Å². The lowest BCUT2D eigenvalue weighted by Gasteiger charge is -2.38. The number of carbonyl (C=O) groups excluding carboxylic acids is 1. The minimum atomic E-state index is -5.03. The molecule has 4 rings (SSSR count). The molecule has 0 atom stereocenters. The summed E-state index contributed by atoms with van der Waals surface area (Å²) in [6.45, 7) is -0.735. The van der Waals surface area contributed by atoms with E-state index in [1.807, 2.05) is 0 Å². The summed E-state index contributed by atoms with van der Waals surface area (Å²) in [6, 6.07) is 0.874. The molecular weight excluding hydrogens is 514 g/mol. The van der Waals surface area contributed by atoms with E-state index >= 15 is 0 Å². The molecule has 7 nitrogen and oxygen atoms in total. The van der Waals surface area contributed by atoms with Crippen molar-refractivity contribution >= 4 is 23.1 Å². The fourth-order valence-corrected chi connectivity index (χ4v) is 4.34. The molecule has 192 valence electrons. The molecule has 1 aliphatic carbocycles. The van der Waals surface area contributed by atoms with Crippen molar-refractivity contribution in [3.8, 4) is 16.7 Å². The molecule has 3 heterocycles. The van der Waals surface area contributed by atoms with Gasteiger partial charge >= 0.3 is 18.3 Å². The fraction of sp³-hybridized carbons (Fsp3) is 0.579. The average molecular weight is 531 g/mol. The predicted octanol–water partition coefficient (Wildman–Crippen LogP) is 4.76. The number of amides is 1. The summed E-state index contributed by atoms with van der Waals surface area (Å²) < 4.78 is 109. The maximum absolute atomic E-state index is 13.4. The standard InChI is InChI=1S/C19H17F8N5O2S/c20-17(21)3-1-9(2-4-17)28-12-5-13(34-10-6-32(7-10)16(33)19(25,26)27)31-14(30-12)15-29-11(8-35-15)18(22,23)24/h5,8-10H,1-4,6-7H2,(H,28,30,31). The molecule has 2 aliphatic rings. The molecule has 2 aromatic heterocycles. The smallest absolute Gasteiger partial charge is 0.470 e. The lowest BCUT2D eigenvalue weighted by molar-refractivity contribution is -0.193. The molecule has 35 heavy (non-hydrogen) atoms. The molecule has 2 fully saturated rings. The van der Waals surface area contributed by atoms with Gasteiger partial charge in [0, 0.05) is 30.3 Å². The van der Waals surface area contributed by atoms with Crippen molar-refractivity contribution in [2.45, 2.75) is 56.1 Å². The van der Waals surface area contributed by atoms with Gasteiger partial charge in [-0.05, 0) is 12.8 Å². The molecule has 1 N–H and O–H groups in total. The molecular formula is C19H17F8N5O2S. The van der Waals surface area contributed by atoms with Crippen LogP contribution in [0.1, 0.15) is 31.4 Å². The number of carbonyl (C=O) groups is 1. The lowest BCUT2D eigenvalue weighted by Crippen LogP contribution is -2.59. The normalized spacial score (nSPS) is 19.4. The third-order valence-corrected chi connectivity index (χ3v) is 6.26. The van der Waals surface area contributed by atoms with Crippen LogP contribution in [0.25, 0.3) is 10.8 Å². The van der Waals surface area contributed by atoms with E-state index < -0.39 is 42.0 Å². The van der Waals surface area contributed by atoms with Gasteiger partial charge in [0.1, 0.15) is 11.9 Å². The van der Waals surface area contributed by atoms with Crippen molar-refractivity contribution < 1.29 is 44.7 Å². The number of alkyl halides is 8. The van der Waals surface area contributed by atoms with Crippen molar-refractivity contribution in [1.29, 1.82) is 0 Å². The first-order valence-electron chi connectivity index (χ1n) is 10.3. The quantitative estimate of drug-likeness (QED) is 0.561. The Kier molecular flexibility index (Phi) is 6.53. The maximum atomic E-state index is 13.4. The Balaban J connectivity index is 1.53. The Morgan fingerprint density at radius 1 is 1.09 bits per heavy atom. The second kappa shape index (κ2) is 9.02. The first-order valence-corrected chi connectivity index (χ1v) is 11.2. The molecule has 1 saturated carbocycles. The van der Waals surface area contributed by atoms with Crippen LogP contribution in [0.4, 0.5) is 40.9 Å². The predicted molar refractivity (Wildman–Crippen MR) is 106 cm³/mol. The first kappa shape index (κ1) is 25.3. The van der Waals surface area contributed by atoms with Gasteiger partial charge < -0.3 is 15.0 Å². The van der Waals surface area contributed by atoms with Crippen molar-refractivity contribution in [2.24, 2.45) is 0 Å². The van der Waals surface area contributed by atoms with E-state index in [-0.39, 0.29) is 61.3 Å². The van der Waals surface area contributed by atoms with Crippen LogP contribution in [0.2, 0.25) is 0 Å². The Labute approximate surface area is 196 Å². The average Bonchev–Trinajstić information content (AvgIpc) is 3.22. The van der Waals surface area contributed by atoms with Gasteiger partial charge in [-0.25, -0.2) is 18.7 Å². The molecule has 1 aliphatic heterocycles. The van der Waals surface area contributed by atoms with E-state index in [4.69, 9.17) is 4.74 Å². The Morgan fingerprint density at radius 3 is 2.31 bits per heavy atom. The zero-order chi connectivity index (χ0) is 25.6. The highest BCUT2D eigenvalue weighted by molar-refractivity contribution is 7.13. The Hall–Kier alpha value is -2.78. The molecule has 1 amide bonds. The van der Waals surface area contributed by atoms with Gasteiger partial charge in [-0.1, -0.05) is 0 Å². The van der Waals surface area contributed by atoms with Crippen molar-refractivity contribution in [3.63, 3.8) is 0 Å². The van der Waals surface area contributed by atoms with Crippen LogP contribution in [0.5, 0.6) is 5.88 Å². The number of hydrogen-bond acceptors (Lipinski definition) is 7. The monoisotopic (exact) mass is 531 g/mol. The van der Waals surface area contributed by atoms with E-state index in [1.165, 1.54) is 6.07 Å². The van der Waals surface area contributed by atoms with Crippen LogP contribution in [0.3, 0.4) is 0 Å². The Bertz CT molecular complexity index is 1070. The zero-order valence-electron chi connectivity index (χ0n) is 17.6. The van der Waals surface area contributed by atoms with Gasteiger partial charge in [0.2, 0.25) is 11.8 Å². The second-order valence-corrected chi connectivity index (χ2v) is 9.03. The summed E-state index contributed by atoms with van der Waals surface area (Å²) >= 11 is 0.622. The highest BCUT2D eigenvalue weighted by Crippen LogP contribution is 2.36. The summed E-state index contributed by atoms with van der Waals surface area (Å²) in [7, 11) is 0. The van der Waals surface area contributed by atoms with Crippen LogP contribution >= 0.6 is 11.3 Å². The molecule has 2 aromatic rings. The van der Waals surface area contributed by atoms with Crippen molar-refractivity contribution in [3.05, 3.63) is 17.1 Å². The number of nitrogens with one attached hydrogen (secondary N) is 1. The Morgan fingerprint density at radius 2 is 1.74 bits per heavy atom. The van der Waals surface area contributed by atoms with Crippen LogP contribution in [-0.2, 0) is 11.0 Å². The van der Waals surface area contributed by atoms with Gasteiger partial charge in [0.25, 0.3) is 0 Å². The van der Waals surface area contributed by atoms with E-state index in [9.17, 15) is 39.9 Å². The number of thiazole rings is 1. The summed E-state index contributed by atoms with van der Waals surface area (Å²) in [6.07, 6.45) is -11.0. The first-order chi connectivity index (χ1) is 16.2. The van der Waals surface area contributed by atoms with E-state index in [0.717, 1.165) is 5.38 Å². The molecule has 16 heteroatoms. The lowest BCUT2D eigenvalue weighted by atomic mass is 9.92. The second-order valence-electron chi connectivity index (χ2n) is 8.17. The van der Waals surface area contributed by atoms with E-state index in [2.05, 4.69) is 20.3 Å². The number of nitrogens with zero attached hydrogens (tertiary/aromatic N) is 4. The van der Waals surface area contributed by atoms with Crippen LogP contribution < -0.4 is 10.1 Å². The molecule has 0 spiro atoms. The van der Waals surface area contributed by atoms with Crippen LogP contribution in [0.15, 0.2) is 11.4 Å². The zero-order valence-corrected chi connectivity index (χ0v) is 18.4. The third kappa shape index (κ3) is 6.08. The molecule has 0 bridgehead atoms. The highest BCUT2D eigenvalue weighted by Gasteiger charge is 2.47. The minimum Gasteiger partial charge on any atom is -0.470 e. The fourth-order valence-electron chi connectivity index (χ4n) is 3.58. The summed E-state index contributed by atoms with van der Waals surface area (Å²) in [4.78, 5) is 23.4. The summed E-state index contributed by atoms with van der Waals surface area (Å²) in [5, 5.41) is 3.52. The van der Waals surface area contributed by atoms with E-state index in [1.54, 1.807) is 0 Å². The molecule has 0 unspecified atom stereocenters. The van der Waals surface area contributed by atoms with Gasteiger partial charge in [-0.3, -0.25) is 4.79 Å². The SMILES string of the molecule is O=C(N1CC(Oc2cc(NC3CCC(F)(F)CC3)nc(-c3nc(C(F)(F)F)cs3)n2)C1)C(F)(F)F. The minimum absolute atomic E-state index is 0.0755. The molecule has 0 aromatic carbocycles. The summed E-state index contributed by atoms with van der Waals surface area (Å²) in [5.41, 5.74) is -1.16. The number of rotatable bonds is 5. The van der Waals surface area contributed by atoms with Gasteiger partial charge in [-0.2, -0.15) is 31.3 Å². The highest BCUT2D eigenvalue weighted by atomic mass is 32.1. The van der Waals surface area contributed by atoms with Crippen molar-refractivity contribution in [1.82, 2.24) is 19.9 Å². The number of aromatic nitrogens is 3. The van der Waals surface area contributed by atoms with Gasteiger partial charge in [0.15, 0.2) is 16.5 Å². The van der Waals surface area contributed by atoms with Gasteiger partial charge in [0.05, 0.1) is 13.1 Å². The number of halogens is 8. The van der Waals surface area contributed by atoms with Crippen molar-refractivity contribution in [2.75, 3.05) is 18.4 Å². The van der Waals surface area contributed by atoms with Gasteiger partial charge in [-0.15, -0.1) is 11.3 Å². The molecule has 0 radical (unpaired) electrons. The van der Waals surface area contributed by atoms with Crippen LogP contribution in [-0.4, -0.2) is 63.1 Å². The number of ether oxygens (including phenoxy) is 1. The maximum Gasteiger partial charge on any atom is 0.471 e. The number of hydrogen-bond donors (Lipinski definition) is 1. The topological polar surface area (TPSA) is 80.2 Å². The summed E-state index contributed by atoms with van der Waals surface area (Å²) in [5.74, 6) is -5.13. The molecule has 1 saturated heterocycles. The third-order valence-electron chi connectivity index (χ3n) is 5.42.